The van der Waals surface area contributed by atoms with E-state index in [4.69, 9.17) is 0 Å². The summed E-state index contributed by atoms with van der Waals surface area (Å²) in [7, 11) is 0. The summed E-state index contributed by atoms with van der Waals surface area (Å²) in [5.41, 5.74) is 1.16. The predicted molar refractivity (Wildman–Crippen MR) is 64.7 cm³/mol. The van der Waals surface area contributed by atoms with Crippen molar-refractivity contribution in [1.29, 1.82) is 0 Å². The lowest BCUT2D eigenvalue weighted by Crippen LogP contribution is -2.25. The van der Waals surface area contributed by atoms with E-state index in [9.17, 15) is 4.39 Å². The molecule has 0 saturated heterocycles. The zero-order valence-electron chi connectivity index (χ0n) is 10.0. The van der Waals surface area contributed by atoms with E-state index in [0.717, 1.165) is 23.9 Å². The highest BCUT2D eigenvalue weighted by Crippen LogP contribution is 2.36. The number of hydrogen-bond donors (Lipinski definition) is 1. The number of nitrogens with one attached hydrogen (secondary N) is 1. The predicted octanol–water partition coefficient (Wildman–Crippen LogP) is 3.52. The van der Waals surface area contributed by atoms with Gasteiger partial charge in [0.05, 0.1) is 0 Å². The summed E-state index contributed by atoms with van der Waals surface area (Å²) in [5.74, 6) is 1.54. The molecule has 2 rings (SSSR count). The summed E-state index contributed by atoms with van der Waals surface area (Å²) in [6.45, 7) is 5.50. The Labute approximate surface area is 97.1 Å². The average molecular weight is 221 g/mol. The number of benzene rings is 1. The SMILES string of the molecule is CC(NCC(C)C1CC1)c1ccc(F)cc1. The van der Waals surface area contributed by atoms with Gasteiger partial charge in [-0.15, -0.1) is 0 Å². The molecule has 0 radical (unpaired) electrons. The van der Waals surface area contributed by atoms with Crippen LogP contribution in [0.3, 0.4) is 0 Å². The first-order valence-corrected chi connectivity index (χ1v) is 6.15. The maximum Gasteiger partial charge on any atom is 0.123 e. The van der Waals surface area contributed by atoms with Crippen molar-refractivity contribution in [2.45, 2.75) is 32.7 Å². The highest BCUT2D eigenvalue weighted by molar-refractivity contribution is 5.19. The normalized spacial score (nSPS) is 19.4. The van der Waals surface area contributed by atoms with Gasteiger partial charge in [-0.1, -0.05) is 19.1 Å². The van der Waals surface area contributed by atoms with Gasteiger partial charge in [-0.3, -0.25) is 0 Å². The number of rotatable bonds is 5. The zero-order valence-corrected chi connectivity index (χ0v) is 10.0. The van der Waals surface area contributed by atoms with Gasteiger partial charge in [0.25, 0.3) is 0 Å². The molecule has 16 heavy (non-hydrogen) atoms. The first-order valence-electron chi connectivity index (χ1n) is 6.15. The van der Waals surface area contributed by atoms with Crippen molar-refractivity contribution in [1.82, 2.24) is 5.32 Å². The molecule has 2 atom stereocenters. The van der Waals surface area contributed by atoms with E-state index < -0.39 is 0 Å². The van der Waals surface area contributed by atoms with Gasteiger partial charge in [0.15, 0.2) is 0 Å². The van der Waals surface area contributed by atoms with Crippen LogP contribution >= 0.6 is 0 Å². The van der Waals surface area contributed by atoms with Gasteiger partial charge in [-0.2, -0.15) is 0 Å². The molecule has 2 unspecified atom stereocenters. The van der Waals surface area contributed by atoms with Crippen LogP contribution in [0.1, 0.15) is 38.3 Å². The quantitative estimate of drug-likeness (QED) is 0.802. The van der Waals surface area contributed by atoms with Gasteiger partial charge < -0.3 is 5.32 Å². The van der Waals surface area contributed by atoms with Gasteiger partial charge in [0, 0.05) is 6.04 Å². The second kappa shape index (κ2) is 4.96. The molecule has 0 aromatic heterocycles. The van der Waals surface area contributed by atoms with Crippen LogP contribution in [-0.2, 0) is 0 Å². The fourth-order valence-electron chi connectivity index (χ4n) is 2.06. The van der Waals surface area contributed by atoms with Crippen LogP contribution in [0.4, 0.5) is 4.39 Å². The molecule has 0 spiro atoms. The number of halogens is 1. The van der Waals surface area contributed by atoms with Crippen LogP contribution in [0.25, 0.3) is 0 Å². The summed E-state index contributed by atoms with van der Waals surface area (Å²) in [4.78, 5) is 0. The largest absolute Gasteiger partial charge is 0.310 e. The Bertz CT molecular complexity index is 329. The molecule has 88 valence electrons. The summed E-state index contributed by atoms with van der Waals surface area (Å²) < 4.78 is 12.8. The van der Waals surface area contributed by atoms with Crippen LogP contribution < -0.4 is 5.32 Å². The average Bonchev–Trinajstić information content (AvgIpc) is 3.10. The van der Waals surface area contributed by atoms with E-state index >= 15 is 0 Å². The van der Waals surface area contributed by atoms with Gasteiger partial charge in [0.1, 0.15) is 5.82 Å². The van der Waals surface area contributed by atoms with Crippen molar-refractivity contribution in [3.05, 3.63) is 35.6 Å². The molecule has 2 heteroatoms. The maximum atomic E-state index is 12.8. The van der Waals surface area contributed by atoms with Gasteiger partial charge in [-0.25, -0.2) is 4.39 Å². The second-order valence-corrected chi connectivity index (χ2v) is 5.00. The van der Waals surface area contributed by atoms with Crippen LogP contribution in [0.15, 0.2) is 24.3 Å². The minimum atomic E-state index is -0.165. The van der Waals surface area contributed by atoms with Crippen molar-refractivity contribution in [3.63, 3.8) is 0 Å². The third kappa shape index (κ3) is 3.05. The molecule has 1 aromatic rings. The van der Waals surface area contributed by atoms with Gasteiger partial charge in [-0.05, 0) is 55.8 Å². The first-order chi connectivity index (χ1) is 7.66. The van der Waals surface area contributed by atoms with E-state index in [0.29, 0.717) is 6.04 Å². The molecule has 1 aliphatic rings. The fraction of sp³-hybridized carbons (Fsp3) is 0.571. The molecule has 1 nitrogen and oxygen atoms in total. The number of hydrogen-bond acceptors (Lipinski definition) is 1. The smallest absolute Gasteiger partial charge is 0.123 e. The van der Waals surface area contributed by atoms with Gasteiger partial charge >= 0.3 is 0 Å². The molecular formula is C14H20FN. The summed E-state index contributed by atoms with van der Waals surface area (Å²) in [6, 6.07) is 7.07. The molecule has 1 fully saturated rings. The Kier molecular flexibility index (Phi) is 3.59. The highest BCUT2D eigenvalue weighted by Gasteiger charge is 2.27. The monoisotopic (exact) mass is 221 g/mol. The second-order valence-electron chi connectivity index (χ2n) is 5.00. The lowest BCUT2D eigenvalue weighted by molar-refractivity contribution is 0.431. The molecule has 0 bridgehead atoms. The van der Waals surface area contributed by atoms with Gasteiger partial charge in [0.2, 0.25) is 0 Å². The van der Waals surface area contributed by atoms with Crippen molar-refractivity contribution in [2.75, 3.05) is 6.54 Å². The van der Waals surface area contributed by atoms with E-state index in [1.54, 1.807) is 0 Å². The van der Waals surface area contributed by atoms with Crippen LogP contribution in [0.5, 0.6) is 0 Å². The lowest BCUT2D eigenvalue weighted by atomic mass is 10.0. The lowest BCUT2D eigenvalue weighted by Gasteiger charge is -2.17. The van der Waals surface area contributed by atoms with Crippen LogP contribution in [0.2, 0.25) is 0 Å². The fourth-order valence-corrected chi connectivity index (χ4v) is 2.06. The molecular weight excluding hydrogens is 201 g/mol. The Morgan fingerprint density at radius 1 is 1.25 bits per heavy atom. The van der Waals surface area contributed by atoms with E-state index in [1.807, 2.05) is 12.1 Å². The molecule has 1 aliphatic carbocycles. The Morgan fingerprint density at radius 2 is 1.88 bits per heavy atom. The molecule has 1 aromatic carbocycles. The topological polar surface area (TPSA) is 12.0 Å². The maximum absolute atomic E-state index is 12.8. The third-order valence-electron chi connectivity index (χ3n) is 3.54. The minimum Gasteiger partial charge on any atom is -0.310 e. The first kappa shape index (κ1) is 11.6. The highest BCUT2D eigenvalue weighted by atomic mass is 19.1. The molecule has 1 N–H and O–H groups in total. The summed E-state index contributed by atoms with van der Waals surface area (Å²) in [6.07, 6.45) is 2.79. The molecule has 1 saturated carbocycles. The van der Waals surface area contributed by atoms with E-state index in [-0.39, 0.29) is 5.82 Å². The molecule has 0 amide bonds. The Balaban J connectivity index is 1.82. The third-order valence-corrected chi connectivity index (χ3v) is 3.54. The van der Waals surface area contributed by atoms with Crippen molar-refractivity contribution >= 4 is 0 Å². The zero-order chi connectivity index (χ0) is 11.5. The minimum absolute atomic E-state index is 0.165. The summed E-state index contributed by atoms with van der Waals surface area (Å²) >= 11 is 0. The Morgan fingerprint density at radius 3 is 2.44 bits per heavy atom. The van der Waals surface area contributed by atoms with Crippen molar-refractivity contribution < 1.29 is 4.39 Å². The van der Waals surface area contributed by atoms with E-state index in [2.05, 4.69) is 19.2 Å². The Hall–Kier alpha value is -0.890. The van der Waals surface area contributed by atoms with Crippen LogP contribution in [-0.4, -0.2) is 6.54 Å². The van der Waals surface area contributed by atoms with Crippen LogP contribution in [0, 0.1) is 17.7 Å². The van der Waals surface area contributed by atoms with E-state index in [1.165, 1.54) is 25.0 Å². The molecule has 0 heterocycles. The molecule has 0 aliphatic heterocycles. The van der Waals surface area contributed by atoms with Crippen molar-refractivity contribution in [3.8, 4) is 0 Å². The van der Waals surface area contributed by atoms with Crippen molar-refractivity contribution in [2.24, 2.45) is 11.8 Å². The summed E-state index contributed by atoms with van der Waals surface area (Å²) in [5, 5.41) is 3.52. The standard InChI is InChI=1S/C14H20FN/c1-10(12-3-4-12)9-16-11(2)13-5-7-14(15)8-6-13/h5-8,10-12,16H,3-4,9H2,1-2H3.